The van der Waals surface area contributed by atoms with Gasteiger partial charge in [0.05, 0.1) is 12.4 Å². The molecule has 0 atom stereocenters. The van der Waals surface area contributed by atoms with E-state index in [1.165, 1.54) is 25.0 Å². The second kappa shape index (κ2) is 7.90. The van der Waals surface area contributed by atoms with Crippen molar-refractivity contribution in [2.75, 3.05) is 36.0 Å². The van der Waals surface area contributed by atoms with Crippen molar-refractivity contribution < 1.29 is 9.18 Å². The third-order valence-electron chi connectivity index (χ3n) is 5.36. The van der Waals surface area contributed by atoms with E-state index in [1.54, 1.807) is 12.4 Å². The number of anilines is 2. The predicted octanol–water partition coefficient (Wildman–Crippen LogP) is 2.61. The lowest BCUT2D eigenvalue weighted by atomic mass is 10.2. The van der Waals surface area contributed by atoms with Crippen molar-refractivity contribution in [1.82, 2.24) is 15.3 Å². The van der Waals surface area contributed by atoms with Crippen LogP contribution in [0.5, 0.6) is 0 Å². The molecule has 1 aromatic heterocycles. The molecule has 6 nitrogen and oxygen atoms in total. The standard InChI is InChI=1S/C20H24FN5O/c21-15-5-7-17(8-6-15)25-9-11-26(12-10-25)19-14-22-18(13-23-19)20(27)24-16-3-1-2-4-16/h5-8,13-14,16H,1-4,9-12H2,(H,24,27). The number of hydrogen-bond acceptors (Lipinski definition) is 5. The fourth-order valence-electron chi connectivity index (χ4n) is 3.78. The average molecular weight is 369 g/mol. The van der Waals surface area contributed by atoms with Crippen LogP contribution in [0.1, 0.15) is 36.2 Å². The zero-order chi connectivity index (χ0) is 18.6. The Balaban J connectivity index is 1.33. The van der Waals surface area contributed by atoms with E-state index in [2.05, 4.69) is 25.1 Å². The van der Waals surface area contributed by atoms with Crippen molar-refractivity contribution in [3.8, 4) is 0 Å². The minimum absolute atomic E-state index is 0.137. The molecule has 2 heterocycles. The van der Waals surface area contributed by atoms with Crippen molar-refractivity contribution >= 4 is 17.4 Å². The second-order valence-corrected chi connectivity index (χ2v) is 7.17. The van der Waals surface area contributed by atoms with Gasteiger partial charge in [-0.1, -0.05) is 12.8 Å². The Bertz CT molecular complexity index is 766. The number of amides is 1. The van der Waals surface area contributed by atoms with Gasteiger partial charge in [-0.2, -0.15) is 0 Å². The first-order valence-electron chi connectivity index (χ1n) is 9.57. The Morgan fingerprint density at radius 3 is 2.26 bits per heavy atom. The number of nitrogens with zero attached hydrogens (tertiary/aromatic N) is 4. The molecular weight excluding hydrogens is 345 g/mol. The van der Waals surface area contributed by atoms with Gasteiger partial charge in [-0.05, 0) is 37.1 Å². The van der Waals surface area contributed by atoms with Crippen LogP contribution in [-0.2, 0) is 0 Å². The lowest BCUT2D eigenvalue weighted by Gasteiger charge is -2.36. The summed E-state index contributed by atoms with van der Waals surface area (Å²) < 4.78 is 13.1. The molecule has 2 aliphatic rings. The summed E-state index contributed by atoms with van der Waals surface area (Å²) in [4.78, 5) is 25.4. The Labute approximate surface area is 158 Å². The van der Waals surface area contributed by atoms with Crippen molar-refractivity contribution in [2.45, 2.75) is 31.7 Å². The third-order valence-corrected chi connectivity index (χ3v) is 5.36. The Kier molecular flexibility index (Phi) is 5.18. The lowest BCUT2D eigenvalue weighted by molar-refractivity contribution is 0.0932. The van der Waals surface area contributed by atoms with Gasteiger partial charge in [-0.15, -0.1) is 0 Å². The van der Waals surface area contributed by atoms with Crippen LogP contribution in [0.2, 0.25) is 0 Å². The third kappa shape index (κ3) is 4.18. The van der Waals surface area contributed by atoms with Crippen LogP contribution in [-0.4, -0.2) is 48.1 Å². The summed E-state index contributed by atoms with van der Waals surface area (Å²) in [7, 11) is 0. The topological polar surface area (TPSA) is 61.4 Å². The molecule has 2 fully saturated rings. The fourth-order valence-corrected chi connectivity index (χ4v) is 3.78. The molecule has 0 unspecified atom stereocenters. The highest BCUT2D eigenvalue weighted by atomic mass is 19.1. The highest BCUT2D eigenvalue weighted by molar-refractivity contribution is 5.92. The van der Waals surface area contributed by atoms with Crippen LogP contribution in [0, 0.1) is 5.82 Å². The maximum Gasteiger partial charge on any atom is 0.271 e. The van der Waals surface area contributed by atoms with Crippen LogP contribution in [0.4, 0.5) is 15.9 Å². The number of carbonyl (C=O) groups excluding carboxylic acids is 1. The average Bonchev–Trinajstić information content (AvgIpc) is 3.22. The van der Waals surface area contributed by atoms with Gasteiger partial charge in [-0.3, -0.25) is 4.79 Å². The van der Waals surface area contributed by atoms with Crippen molar-refractivity contribution in [1.29, 1.82) is 0 Å². The monoisotopic (exact) mass is 369 g/mol. The van der Waals surface area contributed by atoms with Gasteiger partial charge in [0.25, 0.3) is 5.91 Å². The first-order valence-corrected chi connectivity index (χ1v) is 9.57. The van der Waals surface area contributed by atoms with Gasteiger partial charge in [0, 0.05) is 37.9 Å². The van der Waals surface area contributed by atoms with Crippen LogP contribution < -0.4 is 15.1 Å². The maximum absolute atomic E-state index is 13.1. The molecule has 1 saturated heterocycles. The van der Waals surface area contributed by atoms with E-state index in [9.17, 15) is 9.18 Å². The summed E-state index contributed by atoms with van der Waals surface area (Å²) >= 11 is 0. The molecule has 1 aromatic carbocycles. The van der Waals surface area contributed by atoms with Crippen molar-refractivity contribution in [3.05, 3.63) is 48.2 Å². The SMILES string of the molecule is O=C(NC1CCCC1)c1cnc(N2CCN(c3ccc(F)cc3)CC2)cn1. The minimum Gasteiger partial charge on any atom is -0.368 e. The van der Waals surface area contributed by atoms with E-state index in [1.807, 2.05) is 12.1 Å². The number of aromatic nitrogens is 2. The fraction of sp³-hybridized carbons (Fsp3) is 0.450. The molecule has 1 aliphatic heterocycles. The maximum atomic E-state index is 13.1. The zero-order valence-electron chi connectivity index (χ0n) is 15.3. The largest absolute Gasteiger partial charge is 0.368 e. The molecule has 142 valence electrons. The summed E-state index contributed by atoms with van der Waals surface area (Å²) in [5.74, 6) is 0.429. The molecule has 0 bridgehead atoms. The van der Waals surface area contributed by atoms with Crippen LogP contribution in [0.15, 0.2) is 36.7 Å². The molecular formula is C20H24FN5O. The first-order chi connectivity index (χ1) is 13.2. The van der Waals surface area contributed by atoms with Crippen molar-refractivity contribution in [2.24, 2.45) is 0 Å². The highest BCUT2D eigenvalue weighted by Gasteiger charge is 2.21. The normalized spacial score (nSPS) is 18.0. The summed E-state index contributed by atoms with van der Waals surface area (Å²) in [6.45, 7) is 3.27. The molecule has 1 saturated carbocycles. The van der Waals surface area contributed by atoms with Gasteiger partial charge < -0.3 is 15.1 Å². The number of benzene rings is 1. The Morgan fingerprint density at radius 2 is 1.63 bits per heavy atom. The molecule has 4 rings (SSSR count). The number of hydrogen-bond donors (Lipinski definition) is 1. The molecule has 1 N–H and O–H groups in total. The molecule has 1 aliphatic carbocycles. The quantitative estimate of drug-likeness (QED) is 0.898. The number of nitrogens with one attached hydrogen (secondary N) is 1. The van der Waals surface area contributed by atoms with Gasteiger partial charge in [-0.25, -0.2) is 14.4 Å². The Hall–Kier alpha value is -2.70. The lowest BCUT2D eigenvalue weighted by Crippen LogP contribution is -2.47. The highest BCUT2D eigenvalue weighted by Crippen LogP contribution is 2.20. The molecule has 0 spiro atoms. The van der Waals surface area contributed by atoms with E-state index in [0.717, 1.165) is 50.5 Å². The van der Waals surface area contributed by atoms with Crippen LogP contribution in [0.25, 0.3) is 0 Å². The number of halogens is 1. The van der Waals surface area contributed by atoms with Gasteiger partial charge in [0.15, 0.2) is 0 Å². The van der Waals surface area contributed by atoms with Crippen LogP contribution in [0.3, 0.4) is 0 Å². The first kappa shape index (κ1) is 17.7. The summed E-state index contributed by atoms with van der Waals surface area (Å²) in [6.07, 6.45) is 7.70. The van der Waals surface area contributed by atoms with Crippen LogP contribution >= 0.6 is 0 Å². The molecule has 2 aromatic rings. The Morgan fingerprint density at radius 1 is 0.963 bits per heavy atom. The van der Waals surface area contributed by atoms with E-state index >= 15 is 0 Å². The van der Waals surface area contributed by atoms with E-state index in [4.69, 9.17) is 0 Å². The summed E-state index contributed by atoms with van der Waals surface area (Å²) in [6, 6.07) is 6.87. The smallest absolute Gasteiger partial charge is 0.271 e. The molecule has 27 heavy (non-hydrogen) atoms. The van der Waals surface area contributed by atoms with E-state index in [-0.39, 0.29) is 17.8 Å². The van der Waals surface area contributed by atoms with Crippen molar-refractivity contribution in [3.63, 3.8) is 0 Å². The summed E-state index contributed by atoms with van der Waals surface area (Å²) in [5, 5.41) is 3.03. The number of rotatable bonds is 4. The molecule has 1 amide bonds. The predicted molar refractivity (Wildman–Crippen MR) is 103 cm³/mol. The second-order valence-electron chi connectivity index (χ2n) is 7.17. The summed E-state index contributed by atoms with van der Waals surface area (Å²) in [5.41, 5.74) is 1.40. The number of carbonyl (C=O) groups is 1. The van der Waals surface area contributed by atoms with E-state index in [0.29, 0.717) is 5.69 Å². The van der Waals surface area contributed by atoms with Gasteiger partial charge in [0.2, 0.25) is 0 Å². The molecule has 7 heteroatoms. The van der Waals surface area contributed by atoms with E-state index < -0.39 is 0 Å². The van der Waals surface area contributed by atoms with Gasteiger partial charge >= 0.3 is 0 Å². The number of piperazine rings is 1. The minimum atomic E-state index is -0.218. The van der Waals surface area contributed by atoms with Gasteiger partial charge in [0.1, 0.15) is 17.3 Å². The zero-order valence-corrected chi connectivity index (χ0v) is 15.3. The molecule has 0 radical (unpaired) electrons.